The molecule has 27 heavy (non-hydrogen) atoms. The molecular weight excluding hydrogens is 358 g/mol. The molecule has 0 unspecified atom stereocenters. The maximum atomic E-state index is 13.0. The highest BCUT2D eigenvalue weighted by molar-refractivity contribution is 7.12. The predicted molar refractivity (Wildman–Crippen MR) is 108 cm³/mol. The third-order valence-corrected chi connectivity index (χ3v) is 6.36. The van der Waals surface area contributed by atoms with E-state index in [2.05, 4.69) is 17.0 Å². The summed E-state index contributed by atoms with van der Waals surface area (Å²) in [4.78, 5) is 32.6. The average Bonchev–Trinajstić information content (AvgIpc) is 3.28. The summed E-state index contributed by atoms with van der Waals surface area (Å²) in [7, 11) is 0. The van der Waals surface area contributed by atoms with Gasteiger partial charge < -0.3 is 14.7 Å². The number of nitrogens with zero attached hydrogens (tertiary/aromatic N) is 3. The first-order valence-corrected chi connectivity index (χ1v) is 10.5. The zero-order valence-electron chi connectivity index (χ0n) is 15.4. The Balaban J connectivity index is 1.34. The molecule has 3 heterocycles. The van der Waals surface area contributed by atoms with Crippen LogP contribution in [0, 0.1) is 5.92 Å². The molecule has 5 nitrogen and oxygen atoms in total. The van der Waals surface area contributed by atoms with Crippen LogP contribution in [0.3, 0.4) is 0 Å². The summed E-state index contributed by atoms with van der Waals surface area (Å²) in [6.07, 6.45) is 1.78. The minimum Gasteiger partial charge on any atom is -0.368 e. The first-order chi connectivity index (χ1) is 13.2. The number of para-hydroxylation sites is 1. The van der Waals surface area contributed by atoms with Gasteiger partial charge in [0.2, 0.25) is 5.91 Å². The van der Waals surface area contributed by atoms with E-state index in [1.165, 1.54) is 17.0 Å². The molecule has 2 amide bonds. The normalized spacial score (nSPS) is 20.6. The minimum absolute atomic E-state index is 0.0639. The van der Waals surface area contributed by atoms with Gasteiger partial charge in [0.05, 0.1) is 10.8 Å². The number of carbonyl (C=O) groups excluding carboxylic acids is 2. The molecule has 0 spiro atoms. The molecule has 1 atom stereocenters. The number of likely N-dealkylation sites (tertiary alicyclic amines) is 1. The van der Waals surface area contributed by atoms with Gasteiger partial charge in [-0.05, 0) is 36.4 Å². The maximum absolute atomic E-state index is 13.0. The van der Waals surface area contributed by atoms with Crippen LogP contribution in [0.15, 0.2) is 47.8 Å². The van der Waals surface area contributed by atoms with Crippen molar-refractivity contribution in [1.82, 2.24) is 9.80 Å². The molecule has 0 saturated carbocycles. The van der Waals surface area contributed by atoms with Crippen molar-refractivity contribution < 1.29 is 9.59 Å². The van der Waals surface area contributed by atoms with Gasteiger partial charge in [0.1, 0.15) is 0 Å². The van der Waals surface area contributed by atoms with Crippen LogP contribution in [-0.2, 0) is 4.79 Å². The molecule has 2 aliphatic heterocycles. The number of carbonyl (C=O) groups is 2. The Morgan fingerprint density at radius 3 is 2.37 bits per heavy atom. The molecule has 4 rings (SSSR count). The van der Waals surface area contributed by atoms with E-state index in [0.717, 1.165) is 50.4 Å². The highest BCUT2D eigenvalue weighted by Gasteiger charge is 2.33. The van der Waals surface area contributed by atoms with Gasteiger partial charge in [-0.1, -0.05) is 24.3 Å². The van der Waals surface area contributed by atoms with E-state index >= 15 is 0 Å². The Morgan fingerprint density at radius 2 is 1.67 bits per heavy atom. The van der Waals surface area contributed by atoms with Crippen molar-refractivity contribution in [2.75, 3.05) is 44.2 Å². The van der Waals surface area contributed by atoms with Crippen molar-refractivity contribution in [3.63, 3.8) is 0 Å². The molecule has 2 saturated heterocycles. The molecule has 2 aromatic rings. The van der Waals surface area contributed by atoms with E-state index in [0.29, 0.717) is 6.54 Å². The predicted octanol–water partition coefficient (Wildman–Crippen LogP) is 2.95. The lowest BCUT2D eigenvalue weighted by Gasteiger charge is -2.39. The second kappa shape index (κ2) is 8.13. The van der Waals surface area contributed by atoms with Crippen LogP contribution in [0.4, 0.5) is 5.69 Å². The van der Waals surface area contributed by atoms with Gasteiger partial charge >= 0.3 is 0 Å². The lowest BCUT2D eigenvalue weighted by molar-refractivity contribution is -0.137. The fourth-order valence-corrected chi connectivity index (χ4v) is 4.69. The number of piperazine rings is 1. The van der Waals surface area contributed by atoms with Crippen molar-refractivity contribution in [3.8, 4) is 0 Å². The molecule has 1 aromatic carbocycles. The molecule has 1 aromatic heterocycles. The maximum Gasteiger partial charge on any atom is 0.263 e. The van der Waals surface area contributed by atoms with Crippen LogP contribution in [-0.4, -0.2) is 60.9 Å². The lowest BCUT2D eigenvalue weighted by atomic mass is 9.96. The standard InChI is InChI=1S/C21H25N3O2S/c25-20(23-13-11-22(12-14-23)18-7-2-1-3-8-18)17-6-4-10-24(16-17)21(26)19-9-5-15-27-19/h1-3,5,7-9,15,17H,4,6,10-14,16H2/t17-/m0/s1. The molecule has 0 N–H and O–H groups in total. The fraction of sp³-hybridized carbons (Fsp3) is 0.429. The summed E-state index contributed by atoms with van der Waals surface area (Å²) in [6.45, 7) is 4.53. The molecular formula is C21H25N3O2S. The van der Waals surface area contributed by atoms with Gasteiger partial charge in [-0.3, -0.25) is 9.59 Å². The summed E-state index contributed by atoms with van der Waals surface area (Å²) >= 11 is 1.47. The molecule has 0 radical (unpaired) electrons. The number of piperidine rings is 1. The highest BCUT2D eigenvalue weighted by Crippen LogP contribution is 2.23. The van der Waals surface area contributed by atoms with Crippen molar-refractivity contribution in [2.24, 2.45) is 5.92 Å². The van der Waals surface area contributed by atoms with Gasteiger partial charge in [0, 0.05) is 45.0 Å². The second-order valence-corrected chi connectivity index (χ2v) is 8.16. The van der Waals surface area contributed by atoms with E-state index in [1.807, 2.05) is 45.5 Å². The van der Waals surface area contributed by atoms with Crippen LogP contribution in [0.1, 0.15) is 22.5 Å². The van der Waals surface area contributed by atoms with Crippen molar-refractivity contribution in [2.45, 2.75) is 12.8 Å². The number of thiophene rings is 1. The van der Waals surface area contributed by atoms with Crippen LogP contribution in [0.5, 0.6) is 0 Å². The number of rotatable bonds is 3. The minimum atomic E-state index is -0.0639. The van der Waals surface area contributed by atoms with E-state index in [1.54, 1.807) is 0 Å². The van der Waals surface area contributed by atoms with Gasteiger partial charge in [0.25, 0.3) is 5.91 Å². The average molecular weight is 384 g/mol. The van der Waals surface area contributed by atoms with E-state index in [-0.39, 0.29) is 17.7 Å². The zero-order valence-corrected chi connectivity index (χ0v) is 16.2. The molecule has 0 bridgehead atoms. The smallest absolute Gasteiger partial charge is 0.263 e. The van der Waals surface area contributed by atoms with Crippen molar-refractivity contribution in [1.29, 1.82) is 0 Å². The van der Waals surface area contributed by atoms with Gasteiger partial charge in [-0.25, -0.2) is 0 Å². The summed E-state index contributed by atoms with van der Waals surface area (Å²) in [5, 5.41) is 1.92. The Kier molecular flexibility index (Phi) is 5.43. The van der Waals surface area contributed by atoms with Gasteiger partial charge in [0.15, 0.2) is 0 Å². The molecule has 6 heteroatoms. The number of hydrogen-bond donors (Lipinski definition) is 0. The topological polar surface area (TPSA) is 43.9 Å². The Morgan fingerprint density at radius 1 is 0.889 bits per heavy atom. The van der Waals surface area contributed by atoms with Gasteiger partial charge in [-0.2, -0.15) is 0 Å². The SMILES string of the molecule is O=C(c1cccs1)N1CCC[C@H](C(=O)N2CCN(c3ccccc3)CC2)C1. The van der Waals surface area contributed by atoms with Crippen LogP contribution in [0.25, 0.3) is 0 Å². The lowest BCUT2D eigenvalue weighted by Crippen LogP contribution is -2.53. The number of amides is 2. The summed E-state index contributed by atoms with van der Waals surface area (Å²) < 4.78 is 0. The first kappa shape index (κ1) is 18.0. The van der Waals surface area contributed by atoms with Crippen LogP contribution in [0.2, 0.25) is 0 Å². The van der Waals surface area contributed by atoms with E-state index in [9.17, 15) is 9.59 Å². The number of anilines is 1. The Labute approximate surface area is 164 Å². The summed E-state index contributed by atoms with van der Waals surface area (Å²) in [5.41, 5.74) is 1.22. The summed E-state index contributed by atoms with van der Waals surface area (Å²) in [5.74, 6) is 0.216. The first-order valence-electron chi connectivity index (χ1n) is 9.64. The van der Waals surface area contributed by atoms with Crippen LogP contribution < -0.4 is 4.90 Å². The van der Waals surface area contributed by atoms with Gasteiger partial charge in [-0.15, -0.1) is 11.3 Å². The van der Waals surface area contributed by atoms with Crippen molar-refractivity contribution in [3.05, 3.63) is 52.7 Å². The zero-order chi connectivity index (χ0) is 18.6. The summed E-state index contributed by atoms with van der Waals surface area (Å²) in [6, 6.07) is 14.1. The fourth-order valence-electron chi connectivity index (χ4n) is 4.00. The highest BCUT2D eigenvalue weighted by atomic mass is 32.1. The third-order valence-electron chi connectivity index (χ3n) is 5.50. The monoisotopic (exact) mass is 383 g/mol. The third kappa shape index (κ3) is 4.00. The Bertz CT molecular complexity index is 770. The quantitative estimate of drug-likeness (QED) is 0.819. The molecule has 142 valence electrons. The largest absolute Gasteiger partial charge is 0.368 e. The van der Waals surface area contributed by atoms with E-state index < -0.39 is 0 Å². The second-order valence-electron chi connectivity index (χ2n) is 7.22. The number of benzene rings is 1. The van der Waals surface area contributed by atoms with Crippen molar-refractivity contribution >= 4 is 28.8 Å². The Hall–Kier alpha value is -2.34. The molecule has 2 fully saturated rings. The van der Waals surface area contributed by atoms with E-state index in [4.69, 9.17) is 0 Å². The number of hydrogen-bond acceptors (Lipinski definition) is 4. The molecule has 2 aliphatic rings. The van der Waals surface area contributed by atoms with Crippen LogP contribution >= 0.6 is 11.3 Å². The molecule has 0 aliphatic carbocycles.